The third-order valence-electron chi connectivity index (χ3n) is 8.07. The molecule has 1 aliphatic heterocycles. The molecular formula is C28H34N6O3S3. The third-order valence-corrected chi connectivity index (χ3v) is 12.1. The van der Waals surface area contributed by atoms with Crippen LogP contribution in [0.15, 0.2) is 40.6 Å². The summed E-state index contributed by atoms with van der Waals surface area (Å²) in [6.45, 7) is 8.08. The van der Waals surface area contributed by atoms with Crippen molar-refractivity contribution in [3.05, 3.63) is 41.0 Å². The first-order valence-electron chi connectivity index (χ1n) is 13.8. The van der Waals surface area contributed by atoms with Gasteiger partial charge in [-0.15, -0.1) is 21.5 Å². The summed E-state index contributed by atoms with van der Waals surface area (Å²) >= 11 is 3.07. The number of nitrogens with one attached hydrogen (secondary N) is 1. The van der Waals surface area contributed by atoms with Gasteiger partial charge in [-0.25, -0.2) is 13.4 Å². The molecule has 3 aromatic heterocycles. The average Bonchev–Trinajstić information content (AvgIpc) is 3.52. The van der Waals surface area contributed by atoms with E-state index in [1.807, 2.05) is 4.40 Å². The molecular weight excluding hydrogens is 565 g/mol. The van der Waals surface area contributed by atoms with Gasteiger partial charge < -0.3 is 5.32 Å². The van der Waals surface area contributed by atoms with Crippen LogP contribution >= 0.6 is 23.1 Å². The van der Waals surface area contributed by atoms with Crippen molar-refractivity contribution in [2.24, 2.45) is 11.3 Å². The lowest BCUT2D eigenvalue weighted by Crippen LogP contribution is -2.35. The summed E-state index contributed by atoms with van der Waals surface area (Å²) < 4.78 is 29.2. The average molecular weight is 599 g/mol. The maximum absolute atomic E-state index is 12.9. The fraction of sp³-hybridized carbons (Fsp3) is 0.500. The standard InChI is InChI=1S/C28H34N6O3S3/c1-28(2,3)18-7-12-21-22(15-18)39-26-24(21)25-31-32-27(34(25)17-29-26)38-16-23(35)30-19-8-10-20(11-9-19)40(36,37)33-13-5-4-6-14-33/h8-11,17-18H,4-7,12-16H2,1-3H3,(H,30,35)/t18-/m0/s1. The van der Waals surface area contributed by atoms with Crippen LogP contribution in [0, 0.1) is 11.3 Å². The smallest absolute Gasteiger partial charge is 0.243 e. The van der Waals surface area contributed by atoms with E-state index in [0.717, 1.165) is 54.4 Å². The number of sulfonamides is 1. The van der Waals surface area contributed by atoms with Gasteiger partial charge in [0.2, 0.25) is 15.9 Å². The molecule has 4 heterocycles. The van der Waals surface area contributed by atoms with Crippen LogP contribution < -0.4 is 5.32 Å². The summed E-state index contributed by atoms with van der Waals surface area (Å²) in [6.07, 6.45) is 7.85. The van der Waals surface area contributed by atoms with Gasteiger partial charge in [0, 0.05) is 23.7 Å². The van der Waals surface area contributed by atoms with Crippen LogP contribution in [0.2, 0.25) is 0 Å². The number of fused-ring (bicyclic) bond motifs is 5. The van der Waals surface area contributed by atoms with E-state index in [9.17, 15) is 13.2 Å². The lowest BCUT2D eigenvalue weighted by atomic mass is 9.72. The van der Waals surface area contributed by atoms with Crippen molar-refractivity contribution in [3.63, 3.8) is 0 Å². The molecule has 2 aliphatic rings. The van der Waals surface area contributed by atoms with Gasteiger partial charge in [0.25, 0.3) is 0 Å². The second-order valence-corrected chi connectivity index (χ2v) is 15.7. The maximum atomic E-state index is 12.9. The number of carbonyl (C=O) groups excluding carboxylic acids is 1. The van der Waals surface area contributed by atoms with Crippen LogP contribution in [0.1, 0.15) is 56.9 Å². The molecule has 1 fully saturated rings. The van der Waals surface area contributed by atoms with Crippen molar-refractivity contribution in [1.29, 1.82) is 0 Å². The molecule has 1 aromatic carbocycles. The summed E-state index contributed by atoms with van der Waals surface area (Å²) in [5.41, 5.74) is 2.98. The molecule has 1 aliphatic carbocycles. The number of benzene rings is 1. The molecule has 6 rings (SSSR count). The zero-order chi connectivity index (χ0) is 28.1. The number of anilines is 1. The highest BCUT2D eigenvalue weighted by Crippen LogP contribution is 2.43. The molecule has 212 valence electrons. The van der Waals surface area contributed by atoms with Crippen LogP contribution in [0.4, 0.5) is 5.69 Å². The molecule has 4 aromatic rings. The number of hydrogen-bond donors (Lipinski definition) is 1. The molecule has 0 unspecified atom stereocenters. The van der Waals surface area contributed by atoms with Gasteiger partial charge in [-0.3, -0.25) is 9.20 Å². The fourth-order valence-electron chi connectivity index (χ4n) is 5.68. The predicted octanol–water partition coefficient (Wildman–Crippen LogP) is 5.40. The van der Waals surface area contributed by atoms with E-state index in [4.69, 9.17) is 4.98 Å². The number of hydrogen-bond acceptors (Lipinski definition) is 8. The van der Waals surface area contributed by atoms with Crippen molar-refractivity contribution in [1.82, 2.24) is 23.9 Å². The van der Waals surface area contributed by atoms with Crippen molar-refractivity contribution in [2.75, 3.05) is 24.2 Å². The monoisotopic (exact) mass is 598 g/mol. The van der Waals surface area contributed by atoms with Crippen molar-refractivity contribution >= 4 is 60.6 Å². The maximum Gasteiger partial charge on any atom is 0.243 e. The number of amides is 1. The number of carbonyl (C=O) groups is 1. The van der Waals surface area contributed by atoms with E-state index in [-0.39, 0.29) is 22.0 Å². The largest absolute Gasteiger partial charge is 0.325 e. The van der Waals surface area contributed by atoms with Crippen molar-refractivity contribution in [2.45, 2.75) is 69.3 Å². The fourth-order valence-corrected chi connectivity index (χ4v) is 9.17. The van der Waals surface area contributed by atoms with Gasteiger partial charge in [0.15, 0.2) is 10.8 Å². The quantitative estimate of drug-likeness (QED) is 0.296. The molecule has 0 bridgehead atoms. The normalized spacial score (nSPS) is 18.7. The summed E-state index contributed by atoms with van der Waals surface area (Å²) in [7, 11) is -3.50. The van der Waals surface area contributed by atoms with Gasteiger partial charge in [-0.2, -0.15) is 4.31 Å². The molecule has 0 radical (unpaired) electrons. The van der Waals surface area contributed by atoms with Crippen LogP contribution in [-0.2, 0) is 27.7 Å². The number of aromatic nitrogens is 4. The lowest BCUT2D eigenvalue weighted by molar-refractivity contribution is -0.113. The molecule has 1 atom stereocenters. The third kappa shape index (κ3) is 5.26. The number of rotatable bonds is 6. The Balaban J connectivity index is 1.13. The first-order chi connectivity index (χ1) is 19.1. The van der Waals surface area contributed by atoms with Gasteiger partial charge in [-0.1, -0.05) is 39.0 Å². The van der Waals surface area contributed by atoms with E-state index in [0.29, 0.717) is 29.9 Å². The van der Waals surface area contributed by atoms with Crippen molar-refractivity contribution in [3.8, 4) is 0 Å². The SMILES string of the molecule is CC(C)(C)[C@H]1CCc2c(sc3ncn4c(SCC(=O)Nc5ccc(S(=O)(=O)N6CCCCC6)cc5)nnc4c23)C1. The van der Waals surface area contributed by atoms with E-state index in [1.165, 1.54) is 22.2 Å². The van der Waals surface area contributed by atoms with Crippen LogP contribution in [0.25, 0.3) is 15.9 Å². The number of piperidine rings is 1. The highest BCUT2D eigenvalue weighted by Gasteiger charge is 2.32. The first-order valence-corrected chi connectivity index (χ1v) is 17.0. The van der Waals surface area contributed by atoms with E-state index < -0.39 is 10.0 Å². The van der Waals surface area contributed by atoms with Crippen LogP contribution in [0.3, 0.4) is 0 Å². The van der Waals surface area contributed by atoms with Gasteiger partial charge in [-0.05, 0) is 73.3 Å². The Morgan fingerprint density at radius 2 is 1.88 bits per heavy atom. The molecule has 1 saturated heterocycles. The summed E-state index contributed by atoms with van der Waals surface area (Å²) in [6, 6.07) is 6.38. The minimum atomic E-state index is -3.50. The molecule has 9 nitrogen and oxygen atoms in total. The number of thiophene rings is 1. The molecule has 12 heteroatoms. The van der Waals surface area contributed by atoms with E-state index >= 15 is 0 Å². The minimum absolute atomic E-state index is 0.141. The Morgan fingerprint density at radius 3 is 2.60 bits per heavy atom. The molecule has 0 saturated carbocycles. The molecule has 0 spiro atoms. The number of thioether (sulfide) groups is 1. The molecule has 1 amide bonds. The van der Waals surface area contributed by atoms with Gasteiger partial charge in [0.05, 0.1) is 16.0 Å². The summed E-state index contributed by atoms with van der Waals surface area (Å²) in [5.74, 6) is 0.590. The number of nitrogens with zero attached hydrogens (tertiary/aromatic N) is 5. The Hall–Kier alpha value is -2.54. The van der Waals surface area contributed by atoms with E-state index in [1.54, 1.807) is 46.2 Å². The number of aryl methyl sites for hydroxylation is 1. The highest BCUT2D eigenvalue weighted by molar-refractivity contribution is 7.99. The Bertz CT molecular complexity index is 1670. The second kappa shape index (κ2) is 10.7. The van der Waals surface area contributed by atoms with Gasteiger partial charge >= 0.3 is 0 Å². The lowest BCUT2D eigenvalue weighted by Gasteiger charge is -2.33. The molecule has 1 N–H and O–H groups in total. The molecule has 40 heavy (non-hydrogen) atoms. The topological polar surface area (TPSA) is 110 Å². The van der Waals surface area contributed by atoms with Crippen molar-refractivity contribution < 1.29 is 13.2 Å². The van der Waals surface area contributed by atoms with E-state index in [2.05, 4.69) is 36.3 Å². The zero-order valence-electron chi connectivity index (χ0n) is 23.0. The van der Waals surface area contributed by atoms with Gasteiger partial charge in [0.1, 0.15) is 11.2 Å². The Kier molecular flexibility index (Phi) is 7.39. The van der Waals surface area contributed by atoms with Crippen LogP contribution in [-0.4, -0.2) is 57.1 Å². The Labute approximate surface area is 242 Å². The predicted molar refractivity (Wildman–Crippen MR) is 160 cm³/mol. The first kappa shape index (κ1) is 27.6. The summed E-state index contributed by atoms with van der Waals surface area (Å²) in [5, 5.41) is 13.4. The van der Waals surface area contributed by atoms with Crippen LogP contribution in [0.5, 0.6) is 0 Å². The zero-order valence-corrected chi connectivity index (χ0v) is 25.5. The second-order valence-electron chi connectivity index (χ2n) is 11.7. The Morgan fingerprint density at radius 1 is 1.12 bits per heavy atom. The minimum Gasteiger partial charge on any atom is -0.325 e. The summed E-state index contributed by atoms with van der Waals surface area (Å²) in [4.78, 5) is 20.1. The highest BCUT2D eigenvalue weighted by atomic mass is 32.2.